The highest BCUT2D eigenvalue weighted by molar-refractivity contribution is 5.91. The summed E-state index contributed by atoms with van der Waals surface area (Å²) in [6.45, 7) is 10.6. The van der Waals surface area contributed by atoms with Gasteiger partial charge in [-0.05, 0) is 56.5 Å². The number of carbonyl (C=O) groups excluding carboxylic acids is 1. The Hall–Kier alpha value is -0.750. The van der Waals surface area contributed by atoms with Crippen LogP contribution in [0.2, 0.25) is 0 Å². The zero-order chi connectivity index (χ0) is 20.1. The molecule has 0 heterocycles. The molecule has 6 atom stereocenters. The van der Waals surface area contributed by atoms with Gasteiger partial charge in [0.15, 0.2) is 11.4 Å². The van der Waals surface area contributed by atoms with Gasteiger partial charge in [-0.25, -0.2) is 0 Å². The van der Waals surface area contributed by atoms with E-state index in [0.29, 0.717) is 5.92 Å². The maximum absolute atomic E-state index is 12.7. The summed E-state index contributed by atoms with van der Waals surface area (Å²) in [7, 11) is 1.93. The fraction of sp³-hybridized carbons (Fsp3) is 0.857. The minimum Gasteiger partial charge on any atom is -0.390 e. The topological polar surface area (TPSA) is 89.8 Å². The van der Waals surface area contributed by atoms with Crippen LogP contribution in [0.1, 0.15) is 60.3 Å². The van der Waals surface area contributed by atoms with E-state index >= 15 is 0 Å². The summed E-state index contributed by atoms with van der Waals surface area (Å²) >= 11 is 0. The molecule has 0 radical (unpaired) electrons. The van der Waals surface area contributed by atoms with Gasteiger partial charge in [-0.2, -0.15) is 0 Å². The Bertz CT molecular complexity index is 490. The molecule has 4 N–H and O–H groups in total. The standard InChI is InChI=1S/C21H39NO4/c1-14(10-8-7-9-11-22-6)12-20(4,5)13-21(26)18(24)16(3)15(2)17(23)19(21)25/h7-8,14-17,19,22-23,25-26H,9-13H2,1-6H3/b8-7-/t14?,15?,16?,17-,19+,21-/m0/s1. The summed E-state index contributed by atoms with van der Waals surface area (Å²) in [6.07, 6.45) is 4.75. The number of rotatable bonds is 9. The molecule has 1 aliphatic rings. The molecular formula is C21H39NO4. The highest BCUT2D eigenvalue weighted by atomic mass is 16.4. The molecule has 0 aromatic rings. The van der Waals surface area contributed by atoms with Gasteiger partial charge in [0.1, 0.15) is 6.10 Å². The SMILES string of the molecule is CNCC/C=C\CC(C)CC(C)(C)C[C@]1(O)C(=O)C(C)C(C)[C@H](O)[C@H]1O. The molecule has 0 aromatic carbocycles. The predicted molar refractivity (Wildman–Crippen MR) is 105 cm³/mol. The van der Waals surface area contributed by atoms with Crippen LogP contribution in [0.3, 0.4) is 0 Å². The number of ketones is 1. The van der Waals surface area contributed by atoms with Crippen molar-refractivity contribution in [2.75, 3.05) is 13.6 Å². The lowest BCUT2D eigenvalue weighted by molar-refractivity contribution is -0.196. The van der Waals surface area contributed by atoms with E-state index in [1.807, 2.05) is 20.9 Å². The average Bonchev–Trinajstić information content (AvgIpc) is 2.56. The summed E-state index contributed by atoms with van der Waals surface area (Å²) in [6, 6.07) is 0. The van der Waals surface area contributed by atoms with Crippen LogP contribution in [-0.2, 0) is 4.79 Å². The first kappa shape index (κ1) is 23.3. The molecule has 5 heteroatoms. The Balaban J connectivity index is 2.74. The minimum atomic E-state index is -1.88. The number of aliphatic hydroxyl groups excluding tert-OH is 2. The molecule has 1 fully saturated rings. The van der Waals surface area contributed by atoms with E-state index in [4.69, 9.17) is 0 Å². The molecule has 5 nitrogen and oxygen atoms in total. The number of hydrogen-bond acceptors (Lipinski definition) is 5. The van der Waals surface area contributed by atoms with Gasteiger partial charge < -0.3 is 20.6 Å². The number of aliphatic hydroxyl groups is 3. The Kier molecular flexibility index (Phi) is 8.46. The summed E-state index contributed by atoms with van der Waals surface area (Å²) in [5.41, 5.74) is -2.21. The molecule has 1 rings (SSSR count). The Morgan fingerprint density at radius 3 is 2.46 bits per heavy atom. The minimum absolute atomic E-state index is 0.155. The molecule has 0 bridgehead atoms. The molecular weight excluding hydrogens is 330 g/mol. The predicted octanol–water partition coefficient (Wildman–Crippen LogP) is 2.29. The summed E-state index contributed by atoms with van der Waals surface area (Å²) in [4.78, 5) is 12.7. The second-order valence-corrected chi connectivity index (χ2v) is 9.12. The van der Waals surface area contributed by atoms with Gasteiger partial charge in [-0.1, -0.05) is 46.8 Å². The average molecular weight is 370 g/mol. The molecule has 26 heavy (non-hydrogen) atoms. The van der Waals surface area contributed by atoms with E-state index in [1.54, 1.807) is 13.8 Å². The monoisotopic (exact) mass is 369 g/mol. The van der Waals surface area contributed by atoms with E-state index in [2.05, 4.69) is 24.4 Å². The van der Waals surface area contributed by atoms with Crippen molar-refractivity contribution in [3.05, 3.63) is 12.2 Å². The van der Waals surface area contributed by atoms with Crippen molar-refractivity contribution in [1.29, 1.82) is 0 Å². The number of nitrogens with one attached hydrogen (secondary N) is 1. The van der Waals surface area contributed by atoms with Crippen LogP contribution < -0.4 is 5.32 Å². The Labute approximate surface area is 158 Å². The lowest BCUT2D eigenvalue weighted by Gasteiger charge is -2.47. The smallest absolute Gasteiger partial charge is 0.170 e. The van der Waals surface area contributed by atoms with Crippen molar-refractivity contribution in [3.8, 4) is 0 Å². The summed E-state index contributed by atoms with van der Waals surface area (Å²) < 4.78 is 0. The van der Waals surface area contributed by atoms with E-state index in [0.717, 1.165) is 25.8 Å². The quantitative estimate of drug-likeness (QED) is 0.370. The highest BCUT2D eigenvalue weighted by Crippen LogP contribution is 2.43. The van der Waals surface area contributed by atoms with Crippen molar-refractivity contribution in [3.63, 3.8) is 0 Å². The van der Waals surface area contributed by atoms with Crippen LogP contribution in [0.25, 0.3) is 0 Å². The Morgan fingerprint density at radius 2 is 1.88 bits per heavy atom. The zero-order valence-corrected chi connectivity index (χ0v) is 17.3. The first-order valence-corrected chi connectivity index (χ1v) is 9.88. The van der Waals surface area contributed by atoms with Crippen LogP contribution >= 0.6 is 0 Å². The molecule has 0 aliphatic heterocycles. The van der Waals surface area contributed by atoms with Gasteiger partial charge in [0, 0.05) is 5.92 Å². The normalized spacial score (nSPS) is 34.4. The van der Waals surface area contributed by atoms with E-state index in [1.165, 1.54) is 0 Å². The van der Waals surface area contributed by atoms with Gasteiger partial charge in [-0.15, -0.1) is 0 Å². The summed E-state index contributed by atoms with van der Waals surface area (Å²) in [5, 5.41) is 34.8. The van der Waals surface area contributed by atoms with Crippen molar-refractivity contribution in [1.82, 2.24) is 5.32 Å². The van der Waals surface area contributed by atoms with Gasteiger partial charge in [-0.3, -0.25) is 4.79 Å². The fourth-order valence-electron chi connectivity index (χ4n) is 4.34. The molecule has 0 saturated heterocycles. The molecule has 152 valence electrons. The maximum atomic E-state index is 12.7. The van der Waals surface area contributed by atoms with Crippen molar-refractivity contribution in [2.45, 2.75) is 78.1 Å². The largest absolute Gasteiger partial charge is 0.390 e. The third kappa shape index (κ3) is 5.62. The van der Waals surface area contributed by atoms with Crippen molar-refractivity contribution >= 4 is 5.78 Å². The third-order valence-electron chi connectivity index (χ3n) is 5.90. The van der Waals surface area contributed by atoms with Gasteiger partial charge >= 0.3 is 0 Å². The number of allylic oxidation sites excluding steroid dienone is 1. The van der Waals surface area contributed by atoms with Crippen molar-refractivity contribution in [2.24, 2.45) is 23.2 Å². The second-order valence-electron chi connectivity index (χ2n) is 9.12. The van der Waals surface area contributed by atoms with Crippen LogP contribution in [0.5, 0.6) is 0 Å². The van der Waals surface area contributed by atoms with Crippen LogP contribution in [0.15, 0.2) is 12.2 Å². The zero-order valence-electron chi connectivity index (χ0n) is 17.3. The van der Waals surface area contributed by atoms with Gasteiger partial charge in [0.05, 0.1) is 6.10 Å². The molecule has 1 saturated carbocycles. The number of Topliss-reactive ketones (excluding diaryl/α,β-unsaturated/α-hetero) is 1. The molecule has 0 aromatic heterocycles. The highest BCUT2D eigenvalue weighted by Gasteiger charge is 2.56. The van der Waals surface area contributed by atoms with Crippen LogP contribution in [0, 0.1) is 23.2 Å². The third-order valence-corrected chi connectivity index (χ3v) is 5.90. The van der Waals surface area contributed by atoms with Crippen molar-refractivity contribution < 1.29 is 20.1 Å². The number of hydrogen-bond donors (Lipinski definition) is 4. The molecule has 0 spiro atoms. The van der Waals surface area contributed by atoms with Crippen LogP contribution in [0.4, 0.5) is 0 Å². The first-order chi connectivity index (χ1) is 12.0. The molecule has 1 aliphatic carbocycles. The first-order valence-electron chi connectivity index (χ1n) is 9.88. The van der Waals surface area contributed by atoms with Gasteiger partial charge in [0.25, 0.3) is 0 Å². The van der Waals surface area contributed by atoms with E-state index < -0.39 is 23.7 Å². The number of carbonyl (C=O) groups is 1. The lowest BCUT2D eigenvalue weighted by atomic mass is 9.62. The van der Waals surface area contributed by atoms with Crippen LogP contribution in [-0.4, -0.2) is 52.5 Å². The maximum Gasteiger partial charge on any atom is 0.170 e. The molecule has 0 amide bonds. The van der Waals surface area contributed by atoms with Gasteiger partial charge in [0.2, 0.25) is 0 Å². The Morgan fingerprint density at radius 1 is 1.27 bits per heavy atom. The van der Waals surface area contributed by atoms with E-state index in [-0.39, 0.29) is 23.5 Å². The fourth-order valence-corrected chi connectivity index (χ4v) is 4.34. The lowest BCUT2D eigenvalue weighted by Crippen LogP contribution is -2.64. The second kappa shape index (κ2) is 9.45. The summed E-state index contributed by atoms with van der Waals surface area (Å²) in [5.74, 6) is -0.781. The van der Waals surface area contributed by atoms with E-state index in [9.17, 15) is 20.1 Å². The molecule has 3 unspecified atom stereocenters.